The molecule has 2 aromatic carbocycles. The molecule has 0 aliphatic carbocycles. The summed E-state index contributed by atoms with van der Waals surface area (Å²) >= 11 is 0. The summed E-state index contributed by atoms with van der Waals surface area (Å²) in [7, 11) is 1.63. The number of carbonyl (C=O) groups excluding carboxylic acids is 1. The van der Waals surface area contributed by atoms with Crippen LogP contribution in [0.5, 0.6) is 5.75 Å². The molecule has 1 atom stereocenters. The van der Waals surface area contributed by atoms with Gasteiger partial charge in [-0.15, -0.1) is 0 Å². The first-order chi connectivity index (χ1) is 12.2. The van der Waals surface area contributed by atoms with Gasteiger partial charge in [0.1, 0.15) is 5.75 Å². The van der Waals surface area contributed by atoms with Crippen molar-refractivity contribution in [2.45, 2.75) is 13.0 Å². The van der Waals surface area contributed by atoms with Crippen LogP contribution in [0.4, 0.5) is 10.5 Å². The molecule has 1 aromatic heterocycles. The summed E-state index contributed by atoms with van der Waals surface area (Å²) in [4.78, 5) is 12.2. The Morgan fingerprint density at radius 3 is 2.24 bits per heavy atom. The highest BCUT2D eigenvalue weighted by molar-refractivity contribution is 5.89. The minimum atomic E-state index is -0.239. The molecule has 0 fully saturated rings. The molecule has 3 rings (SSSR count). The van der Waals surface area contributed by atoms with Crippen LogP contribution in [-0.4, -0.2) is 17.7 Å². The van der Waals surface area contributed by atoms with Gasteiger partial charge in [0.05, 0.1) is 13.2 Å². The van der Waals surface area contributed by atoms with E-state index in [2.05, 4.69) is 10.6 Å². The minimum absolute atomic E-state index is 0.106. The van der Waals surface area contributed by atoms with Crippen LogP contribution in [0.2, 0.25) is 0 Å². The van der Waals surface area contributed by atoms with E-state index in [9.17, 15) is 4.79 Å². The van der Waals surface area contributed by atoms with Gasteiger partial charge in [-0.3, -0.25) is 0 Å². The first-order valence-electron chi connectivity index (χ1n) is 8.10. The number of amides is 2. The molecule has 0 radical (unpaired) electrons. The van der Waals surface area contributed by atoms with Crippen molar-refractivity contribution < 1.29 is 9.53 Å². The zero-order chi connectivity index (χ0) is 17.6. The first-order valence-corrected chi connectivity index (χ1v) is 8.10. The fourth-order valence-electron chi connectivity index (χ4n) is 2.56. The summed E-state index contributed by atoms with van der Waals surface area (Å²) in [5.41, 5.74) is 2.80. The maximum atomic E-state index is 12.2. The number of rotatable bonds is 5. The van der Waals surface area contributed by atoms with E-state index in [1.807, 2.05) is 84.5 Å². The molecular formula is C20H21N3O2. The lowest BCUT2D eigenvalue weighted by Crippen LogP contribution is -2.31. The summed E-state index contributed by atoms with van der Waals surface area (Å²) in [5, 5.41) is 5.78. The molecule has 3 aromatic rings. The number of nitrogens with zero attached hydrogens (tertiary/aromatic N) is 1. The zero-order valence-corrected chi connectivity index (χ0v) is 14.3. The van der Waals surface area contributed by atoms with Gasteiger partial charge in [0.15, 0.2) is 0 Å². The maximum absolute atomic E-state index is 12.2. The number of carbonyl (C=O) groups is 1. The SMILES string of the molecule is COc1ccc(C(C)NC(=O)Nc2ccc(-n3cccc3)cc2)cc1. The molecule has 25 heavy (non-hydrogen) atoms. The van der Waals surface area contributed by atoms with Gasteiger partial charge >= 0.3 is 6.03 Å². The van der Waals surface area contributed by atoms with Gasteiger partial charge in [-0.1, -0.05) is 12.1 Å². The molecule has 0 saturated carbocycles. The number of aromatic nitrogens is 1. The van der Waals surface area contributed by atoms with Crippen molar-refractivity contribution in [3.05, 3.63) is 78.6 Å². The van der Waals surface area contributed by atoms with E-state index in [1.54, 1.807) is 7.11 Å². The van der Waals surface area contributed by atoms with Gasteiger partial charge in [-0.2, -0.15) is 0 Å². The number of methoxy groups -OCH3 is 1. The van der Waals surface area contributed by atoms with Gasteiger partial charge in [-0.05, 0) is 61.0 Å². The second-order valence-electron chi connectivity index (χ2n) is 5.73. The normalized spacial score (nSPS) is 11.6. The maximum Gasteiger partial charge on any atom is 0.319 e. The fraction of sp³-hybridized carbons (Fsp3) is 0.150. The van der Waals surface area contributed by atoms with Gasteiger partial charge in [0, 0.05) is 23.8 Å². The van der Waals surface area contributed by atoms with Crippen LogP contribution in [-0.2, 0) is 0 Å². The standard InChI is InChI=1S/C20H21N3O2/c1-15(16-5-11-19(25-2)12-6-16)21-20(24)22-17-7-9-18(10-8-17)23-13-3-4-14-23/h3-15H,1-2H3,(H2,21,22,24). The molecule has 128 valence electrons. The molecule has 1 heterocycles. The third kappa shape index (κ3) is 4.20. The number of hydrogen-bond donors (Lipinski definition) is 2. The molecule has 5 nitrogen and oxygen atoms in total. The average Bonchev–Trinajstić information content (AvgIpc) is 3.17. The largest absolute Gasteiger partial charge is 0.497 e. The molecule has 0 spiro atoms. The number of benzene rings is 2. The lowest BCUT2D eigenvalue weighted by Gasteiger charge is -2.15. The molecule has 2 N–H and O–H groups in total. The second kappa shape index (κ2) is 7.57. The summed E-state index contributed by atoms with van der Waals surface area (Å²) in [6.45, 7) is 1.94. The zero-order valence-electron chi connectivity index (χ0n) is 14.3. The Hall–Kier alpha value is -3.21. The summed E-state index contributed by atoms with van der Waals surface area (Å²) < 4.78 is 7.15. The van der Waals surface area contributed by atoms with E-state index in [-0.39, 0.29) is 12.1 Å². The number of ether oxygens (including phenoxy) is 1. The highest BCUT2D eigenvalue weighted by Gasteiger charge is 2.10. The van der Waals surface area contributed by atoms with Gasteiger partial charge in [0.25, 0.3) is 0 Å². The Morgan fingerprint density at radius 1 is 1.00 bits per heavy atom. The third-order valence-corrected chi connectivity index (χ3v) is 3.99. The molecule has 0 aliphatic rings. The number of anilines is 1. The highest BCUT2D eigenvalue weighted by atomic mass is 16.5. The average molecular weight is 335 g/mol. The Balaban J connectivity index is 1.58. The van der Waals surface area contributed by atoms with Crippen LogP contribution >= 0.6 is 0 Å². The second-order valence-corrected chi connectivity index (χ2v) is 5.73. The quantitative estimate of drug-likeness (QED) is 0.727. The van der Waals surface area contributed by atoms with Crippen molar-refractivity contribution in [1.82, 2.24) is 9.88 Å². The molecule has 5 heteroatoms. The van der Waals surface area contributed by atoms with E-state index in [1.165, 1.54) is 0 Å². The van der Waals surface area contributed by atoms with Crippen molar-refractivity contribution in [2.75, 3.05) is 12.4 Å². The van der Waals surface area contributed by atoms with E-state index < -0.39 is 0 Å². The highest BCUT2D eigenvalue weighted by Crippen LogP contribution is 2.18. The van der Waals surface area contributed by atoms with Crippen molar-refractivity contribution in [2.24, 2.45) is 0 Å². The number of nitrogens with one attached hydrogen (secondary N) is 2. The molecule has 1 unspecified atom stereocenters. The van der Waals surface area contributed by atoms with Gasteiger partial charge in [0.2, 0.25) is 0 Å². The lowest BCUT2D eigenvalue weighted by molar-refractivity contribution is 0.249. The first kappa shape index (κ1) is 16.6. The predicted molar refractivity (Wildman–Crippen MR) is 99.3 cm³/mol. The van der Waals surface area contributed by atoms with Crippen LogP contribution in [0.15, 0.2) is 73.1 Å². The molecule has 0 aliphatic heterocycles. The Bertz CT molecular complexity index is 809. The molecule has 2 amide bonds. The van der Waals surface area contributed by atoms with E-state index in [0.29, 0.717) is 0 Å². The van der Waals surface area contributed by atoms with Crippen LogP contribution < -0.4 is 15.4 Å². The minimum Gasteiger partial charge on any atom is -0.497 e. The Morgan fingerprint density at radius 2 is 1.64 bits per heavy atom. The van der Waals surface area contributed by atoms with Crippen molar-refractivity contribution in [3.63, 3.8) is 0 Å². The Labute approximate surface area is 147 Å². The smallest absolute Gasteiger partial charge is 0.319 e. The topological polar surface area (TPSA) is 55.3 Å². The van der Waals surface area contributed by atoms with Gasteiger partial charge < -0.3 is 19.9 Å². The summed E-state index contributed by atoms with van der Waals surface area (Å²) in [5.74, 6) is 0.795. The van der Waals surface area contributed by atoms with E-state index in [0.717, 1.165) is 22.7 Å². The van der Waals surface area contributed by atoms with Crippen LogP contribution in [0.25, 0.3) is 5.69 Å². The number of urea groups is 1. The van der Waals surface area contributed by atoms with E-state index >= 15 is 0 Å². The molecular weight excluding hydrogens is 314 g/mol. The van der Waals surface area contributed by atoms with Crippen LogP contribution in [0.3, 0.4) is 0 Å². The molecule has 0 saturated heterocycles. The predicted octanol–water partition coefficient (Wildman–Crippen LogP) is 4.37. The van der Waals surface area contributed by atoms with Crippen LogP contribution in [0, 0.1) is 0 Å². The summed E-state index contributed by atoms with van der Waals surface area (Å²) in [6, 6.07) is 18.9. The fourth-order valence-corrected chi connectivity index (χ4v) is 2.56. The lowest BCUT2D eigenvalue weighted by atomic mass is 10.1. The van der Waals surface area contributed by atoms with Crippen molar-refractivity contribution in [3.8, 4) is 11.4 Å². The van der Waals surface area contributed by atoms with Gasteiger partial charge in [-0.25, -0.2) is 4.79 Å². The van der Waals surface area contributed by atoms with Crippen molar-refractivity contribution in [1.29, 1.82) is 0 Å². The third-order valence-electron chi connectivity index (χ3n) is 3.99. The molecule has 0 bridgehead atoms. The number of hydrogen-bond acceptors (Lipinski definition) is 2. The van der Waals surface area contributed by atoms with Crippen LogP contribution in [0.1, 0.15) is 18.5 Å². The monoisotopic (exact) mass is 335 g/mol. The van der Waals surface area contributed by atoms with Crippen molar-refractivity contribution >= 4 is 11.7 Å². The Kier molecular flexibility index (Phi) is 5.04. The van der Waals surface area contributed by atoms with E-state index in [4.69, 9.17) is 4.74 Å². The summed E-state index contributed by atoms with van der Waals surface area (Å²) in [6.07, 6.45) is 3.96.